The number of hydrogen-bond donors (Lipinski definition) is 1. The maximum atomic E-state index is 10.4. The Balaban J connectivity index is 2.22. The van der Waals surface area contributed by atoms with Gasteiger partial charge in [0.2, 0.25) is 0 Å². The molecule has 1 aromatic carbocycles. The fraction of sp³-hybridized carbons (Fsp3) is 0.500. The summed E-state index contributed by atoms with van der Waals surface area (Å²) in [5, 5.41) is 10.4. The molecule has 1 N–H and O–H groups in total. The third kappa shape index (κ3) is 1.68. The van der Waals surface area contributed by atoms with E-state index in [-0.39, 0.29) is 6.10 Å². The van der Waals surface area contributed by atoms with Crippen molar-refractivity contribution in [1.29, 1.82) is 0 Å². The summed E-state index contributed by atoms with van der Waals surface area (Å²) < 4.78 is 5.52. The normalized spacial score (nSPS) is 26.0. The molecule has 0 saturated carbocycles. The first-order valence-electron chi connectivity index (χ1n) is 5.11. The van der Waals surface area contributed by atoms with Gasteiger partial charge in [-0.2, -0.15) is 0 Å². The fourth-order valence-corrected chi connectivity index (χ4v) is 1.98. The first kappa shape index (κ1) is 9.69. The van der Waals surface area contributed by atoms with Crippen LogP contribution in [0.15, 0.2) is 30.3 Å². The van der Waals surface area contributed by atoms with Crippen molar-refractivity contribution in [3.05, 3.63) is 35.9 Å². The predicted molar refractivity (Wildman–Crippen MR) is 55.0 cm³/mol. The molecular formula is C12H16O2. The Morgan fingerprint density at radius 1 is 1.36 bits per heavy atom. The van der Waals surface area contributed by atoms with Crippen molar-refractivity contribution in [3.63, 3.8) is 0 Å². The molecule has 1 fully saturated rings. The van der Waals surface area contributed by atoms with Crippen LogP contribution in [0.1, 0.15) is 25.3 Å². The smallest absolute Gasteiger partial charge is 0.113 e. The standard InChI is InChI=1S/C12H16O2/c1-12(13,11-8-5-9-14-11)10-6-3-2-4-7-10/h2-4,6-7,11,13H,5,8-9H2,1H3/t11-,12+/m1/s1. The number of ether oxygens (including phenoxy) is 1. The summed E-state index contributed by atoms with van der Waals surface area (Å²) in [6.07, 6.45) is 1.94. The monoisotopic (exact) mass is 192 g/mol. The van der Waals surface area contributed by atoms with Gasteiger partial charge in [-0.25, -0.2) is 0 Å². The lowest BCUT2D eigenvalue weighted by molar-refractivity contribution is -0.0774. The average Bonchev–Trinajstić information content (AvgIpc) is 2.72. The van der Waals surface area contributed by atoms with Crippen molar-refractivity contribution in [2.75, 3.05) is 6.61 Å². The van der Waals surface area contributed by atoms with Gasteiger partial charge in [0.25, 0.3) is 0 Å². The van der Waals surface area contributed by atoms with Gasteiger partial charge in [0.05, 0.1) is 6.10 Å². The number of aliphatic hydroxyl groups is 1. The zero-order valence-electron chi connectivity index (χ0n) is 8.44. The van der Waals surface area contributed by atoms with Gasteiger partial charge >= 0.3 is 0 Å². The van der Waals surface area contributed by atoms with Crippen LogP contribution in [0.5, 0.6) is 0 Å². The molecule has 1 saturated heterocycles. The highest BCUT2D eigenvalue weighted by Crippen LogP contribution is 2.32. The Hall–Kier alpha value is -0.860. The van der Waals surface area contributed by atoms with Crippen LogP contribution in [0.25, 0.3) is 0 Å². The highest BCUT2D eigenvalue weighted by molar-refractivity contribution is 5.23. The molecule has 1 heterocycles. The minimum absolute atomic E-state index is 0.0510. The zero-order chi connectivity index (χ0) is 10.0. The molecule has 0 radical (unpaired) electrons. The molecule has 0 spiro atoms. The van der Waals surface area contributed by atoms with Crippen LogP contribution in [-0.4, -0.2) is 17.8 Å². The van der Waals surface area contributed by atoms with Crippen molar-refractivity contribution < 1.29 is 9.84 Å². The molecule has 2 nitrogen and oxygen atoms in total. The molecule has 0 aromatic heterocycles. The third-order valence-corrected chi connectivity index (χ3v) is 2.91. The molecule has 0 amide bonds. The Bertz CT molecular complexity index is 286. The Labute approximate surface area is 84.5 Å². The van der Waals surface area contributed by atoms with Crippen LogP contribution in [0.4, 0.5) is 0 Å². The van der Waals surface area contributed by atoms with E-state index in [1.165, 1.54) is 0 Å². The largest absolute Gasteiger partial charge is 0.383 e. The van der Waals surface area contributed by atoms with Crippen molar-refractivity contribution in [2.24, 2.45) is 0 Å². The predicted octanol–water partition coefficient (Wildman–Crippen LogP) is 2.07. The van der Waals surface area contributed by atoms with E-state index >= 15 is 0 Å². The van der Waals surface area contributed by atoms with E-state index in [0.29, 0.717) is 0 Å². The molecule has 1 aliphatic rings. The summed E-state index contributed by atoms with van der Waals surface area (Å²) in [4.78, 5) is 0. The van der Waals surface area contributed by atoms with Gasteiger partial charge in [0, 0.05) is 6.61 Å². The van der Waals surface area contributed by atoms with Crippen molar-refractivity contribution in [1.82, 2.24) is 0 Å². The molecule has 76 valence electrons. The lowest BCUT2D eigenvalue weighted by Gasteiger charge is -2.29. The lowest BCUT2D eigenvalue weighted by atomic mass is 9.89. The molecule has 2 heteroatoms. The van der Waals surface area contributed by atoms with Gasteiger partial charge in [-0.3, -0.25) is 0 Å². The van der Waals surface area contributed by atoms with Gasteiger partial charge < -0.3 is 9.84 Å². The number of rotatable bonds is 2. The van der Waals surface area contributed by atoms with Crippen molar-refractivity contribution >= 4 is 0 Å². The second kappa shape index (κ2) is 3.71. The summed E-state index contributed by atoms with van der Waals surface area (Å²) in [6, 6.07) is 9.73. The molecule has 2 rings (SSSR count). The minimum atomic E-state index is -0.849. The molecule has 1 aromatic rings. The minimum Gasteiger partial charge on any atom is -0.383 e. The molecule has 1 aliphatic heterocycles. The first-order chi connectivity index (χ1) is 6.71. The van der Waals surface area contributed by atoms with Crippen molar-refractivity contribution in [3.8, 4) is 0 Å². The summed E-state index contributed by atoms with van der Waals surface area (Å²) in [5.41, 5.74) is 0.0875. The van der Waals surface area contributed by atoms with Crippen LogP contribution < -0.4 is 0 Å². The molecular weight excluding hydrogens is 176 g/mol. The molecule has 2 atom stereocenters. The second-order valence-corrected chi connectivity index (χ2v) is 4.02. The highest BCUT2D eigenvalue weighted by atomic mass is 16.5. The van der Waals surface area contributed by atoms with E-state index in [2.05, 4.69) is 0 Å². The quantitative estimate of drug-likeness (QED) is 0.777. The molecule has 0 unspecified atom stereocenters. The van der Waals surface area contributed by atoms with Gasteiger partial charge in [-0.05, 0) is 25.3 Å². The number of benzene rings is 1. The van der Waals surface area contributed by atoms with E-state index < -0.39 is 5.60 Å². The van der Waals surface area contributed by atoms with Gasteiger partial charge in [0.15, 0.2) is 0 Å². The maximum absolute atomic E-state index is 10.4. The van der Waals surface area contributed by atoms with E-state index in [1.807, 2.05) is 37.3 Å². The average molecular weight is 192 g/mol. The highest BCUT2D eigenvalue weighted by Gasteiger charge is 2.36. The summed E-state index contributed by atoms with van der Waals surface area (Å²) in [7, 11) is 0. The van der Waals surface area contributed by atoms with Crippen LogP contribution in [0.3, 0.4) is 0 Å². The third-order valence-electron chi connectivity index (χ3n) is 2.91. The maximum Gasteiger partial charge on any atom is 0.113 e. The fourth-order valence-electron chi connectivity index (χ4n) is 1.98. The summed E-state index contributed by atoms with van der Waals surface area (Å²) >= 11 is 0. The zero-order valence-corrected chi connectivity index (χ0v) is 8.44. The summed E-state index contributed by atoms with van der Waals surface area (Å²) in [6.45, 7) is 2.60. The number of hydrogen-bond acceptors (Lipinski definition) is 2. The molecule has 0 aliphatic carbocycles. The van der Waals surface area contributed by atoms with E-state index in [4.69, 9.17) is 4.74 Å². The van der Waals surface area contributed by atoms with Crippen molar-refractivity contribution in [2.45, 2.75) is 31.5 Å². The Morgan fingerprint density at radius 3 is 2.64 bits per heavy atom. The van der Waals surface area contributed by atoms with E-state index in [0.717, 1.165) is 25.0 Å². The van der Waals surface area contributed by atoms with Gasteiger partial charge in [0.1, 0.15) is 5.60 Å². The van der Waals surface area contributed by atoms with E-state index in [9.17, 15) is 5.11 Å². The topological polar surface area (TPSA) is 29.5 Å². The Morgan fingerprint density at radius 2 is 2.07 bits per heavy atom. The van der Waals surface area contributed by atoms with Crippen LogP contribution in [0, 0.1) is 0 Å². The van der Waals surface area contributed by atoms with Crippen LogP contribution in [0.2, 0.25) is 0 Å². The summed E-state index contributed by atoms with van der Waals surface area (Å²) in [5.74, 6) is 0. The van der Waals surface area contributed by atoms with Crippen LogP contribution in [-0.2, 0) is 10.3 Å². The Kier molecular flexibility index (Phi) is 2.57. The van der Waals surface area contributed by atoms with Gasteiger partial charge in [-0.1, -0.05) is 30.3 Å². The lowest BCUT2D eigenvalue weighted by Crippen LogP contribution is -2.35. The second-order valence-electron chi connectivity index (χ2n) is 4.02. The first-order valence-corrected chi connectivity index (χ1v) is 5.11. The van der Waals surface area contributed by atoms with Crippen LogP contribution >= 0.6 is 0 Å². The van der Waals surface area contributed by atoms with Gasteiger partial charge in [-0.15, -0.1) is 0 Å². The SMILES string of the molecule is C[C@](O)(c1ccccc1)[C@H]1CCCO1. The molecule has 14 heavy (non-hydrogen) atoms. The molecule has 0 bridgehead atoms. The van der Waals surface area contributed by atoms with E-state index in [1.54, 1.807) is 0 Å².